The van der Waals surface area contributed by atoms with Gasteiger partial charge in [-0.05, 0) is 19.9 Å². The molecule has 0 aliphatic carbocycles. The minimum Gasteiger partial charge on any atom is -0.373 e. The molecule has 0 spiro atoms. The van der Waals surface area contributed by atoms with Crippen LogP contribution in [-0.4, -0.2) is 17.0 Å². The summed E-state index contributed by atoms with van der Waals surface area (Å²) in [5.74, 6) is 1.85. The van der Waals surface area contributed by atoms with Crippen LogP contribution in [0.15, 0.2) is 30.3 Å². The molecule has 1 unspecified atom stereocenters. The maximum Gasteiger partial charge on any atom is 0.132 e. The molecule has 0 aliphatic rings. The summed E-state index contributed by atoms with van der Waals surface area (Å²) in [6.45, 7) is 3.72. The van der Waals surface area contributed by atoms with Gasteiger partial charge in [-0.15, -0.1) is 0 Å². The van der Waals surface area contributed by atoms with E-state index in [9.17, 15) is 4.39 Å². The van der Waals surface area contributed by atoms with Crippen molar-refractivity contribution in [2.45, 2.75) is 19.9 Å². The van der Waals surface area contributed by atoms with E-state index >= 15 is 0 Å². The van der Waals surface area contributed by atoms with Crippen LogP contribution in [0.4, 0.5) is 16.0 Å². The number of anilines is 2. The fourth-order valence-corrected chi connectivity index (χ4v) is 1.90. The van der Waals surface area contributed by atoms with E-state index in [2.05, 4.69) is 20.6 Å². The Hall–Kier alpha value is -2.17. The van der Waals surface area contributed by atoms with E-state index in [-0.39, 0.29) is 11.9 Å². The SMILES string of the molecule is CNc1cc(NC(C)c2ccccc2F)nc(C)n1. The first-order valence-corrected chi connectivity index (χ1v) is 6.14. The number of hydrogen-bond acceptors (Lipinski definition) is 4. The lowest BCUT2D eigenvalue weighted by Crippen LogP contribution is -2.11. The van der Waals surface area contributed by atoms with Crippen LogP contribution >= 0.6 is 0 Å². The highest BCUT2D eigenvalue weighted by atomic mass is 19.1. The second-order valence-electron chi connectivity index (χ2n) is 4.32. The number of halogens is 1. The van der Waals surface area contributed by atoms with Crippen molar-refractivity contribution >= 4 is 11.6 Å². The molecule has 2 N–H and O–H groups in total. The lowest BCUT2D eigenvalue weighted by molar-refractivity contribution is 0.600. The van der Waals surface area contributed by atoms with E-state index in [1.54, 1.807) is 25.2 Å². The van der Waals surface area contributed by atoms with E-state index in [1.165, 1.54) is 6.07 Å². The Balaban J connectivity index is 2.21. The van der Waals surface area contributed by atoms with E-state index in [4.69, 9.17) is 0 Å². The number of benzene rings is 1. The van der Waals surface area contributed by atoms with Crippen molar-refractivity contribution in [3.63, 3.8) is 0 Å². The predicted octanol–water partition coefficient (Wildman–Crippen LogP) is 3.14. The molecule has 0 saturated carbocycles. The van der Waals surface area contributed by atoms with Gasteiger partial charge in [0.25, 0.3) is 0 Å². The molecule has 4 nitrogen and oxygen atoms in total. The van der Waals surface area contributed by atoms with E-state index in [0.29, 0.717) is 17.2 Å². The second kappa shape index (κ2) is 5.65. The first-order valence-electron chi connectivity index (χ1n) is 6.14. The fourth-order valence-electron chi connectivity index (χ4n) is 1.90. The summed E-state index contributed by atoms with van der Waals surface area (Å²) in [4.78, 5) is 8.51. The van der Waals surface area contributed by atoms with Crippen molar-refractivity contribution in [3.05, 3.63) is 47.5 Å². The van der Waals surface area contributed by atoms with Crippen LogP contribution < -0.4 is 10.6 Å². The molecule has 0 aliphatic heterocycles. The topological polar surface area (TPSA) is 49.8 Å². The third kappa shape index (κ3) is 3.19. The molecule has 0 fully saturated rings. The van der Waals surface area contributed by atoms with Gasteiger partial charge in [0.2, 0.25) is 0 Å². The Morgan fingerprint density at radius 2 is 1.84 bits per heavy atom. The van der Waals surface area contributed by atoms with E-state index in [1.807, 2.05) is 19.9 Å². The highest BCUT2D eigenvalue weighted by molar-refractivity contribution is 5.48. The Bertz CT molecular complexity index is 571. The highest BCUT2D eigenvalue weighted by Gasteiger charge is 2.11. The molecule has 2 rings (SSSR count). The Morgan fingerprint density at radius 3 is 2.53 bits per heavy atom. The summed E-state index contributed by atoms with van der Waals surface area (Å²) in [5, 5.41) is 6.15. The maximum atomic E-state index is 13.7. The molecular weight excluding hydrogens is 243 g/mol. The first kappa shape index (κ1) is 13.3. The summed E-state index contributed by atoms with van der Waals surface area (Å²) in [6.07, 6.45) is 0. The van der Waals surface area contributed by atoms with Crippen LogP contribution in [0, 0.1) is 12.7 Å². The predicted molar refractivity (Wildman–Crippen MR) is 74.8 cm³/mol. The van der Waals surface area contributed by atoms with Gasteiger partial charge in [0.15, 0.2) is 0 Å². The van der Waals surface area contributed by atoms with Crippen molar-refractivity contribution in [2.75, 3.05) is 17.7 Å². The smallest absolute Gasteiger partial charge is 0.132 e. The van der Waals surface area contributed by atoms with Crippen LogP contribution in [0.5, 0.6) is 0 Å². The normalized spacial score (nSPS) is 12.0. The van der Waals surface area contributed by atoms with Crippen molar-refractivity contribution in [1.82, 2.24) is 9.97 Å². The lowest BCUT2D eigenvalue weighted by Gasteiger charge is -2.16. The summed E-state index contributed by atoms with van der Waals surface area (Å²) < 4.78 is 13.7. The standard InChI is InChI=1S/C14H17FN4/c1-9(11-6-4-5-7-12(11)15)17-14-8-13(16-3)18-10(2)19-14/h4-9H,1-3H3,(H2,16,17,18,19). The molecule has 0 amide bonds. The minimum atomic E-state index is -0.220. The fraction of sp³-hybridized carbons (Fsp3) is 0.286. The molecular formula is C14H17FN4. The molecule has 0 saturated heterocycles. The van der Waals surface area contributed by atoms with Crippen molar-refractivity contribution in [3.8, 4) is 0 Å². The number of rotatable bonds is 4. The van der Waals surface area contributed by atoms with Crippen LogP contribution in [0.3, 0.4) is 0 Å². The van der Waals surface area contributed by atoms with Gasteiger partial charge in [-0.1, -0.05) is 18.2 Å². The summed E-state index contributed by atoms with van der Waals surface area (Å²) in [7, 11) is 1.80. The van der Waals surface area contributed by atoms with Gasteiger partial charge >= 0.3 is 0 Å². The monoisotopic (exact) mass is 260 g/mol. The largest absolute Gasteiger partial charge is 0.373 e. The Labute approximate surface area is 112 Å². The maximum absolute atomic E-state index is 13.7. The zero-order valence-electron chi connectivity index (χ0n) is 11.2. The molecule has 5 heteroatoms. The average Bonchev–Trinajstić information content (AvgIpc) is 2.38. The Morgan fingerprint density at radius 1 is 1.16 bits per heavy atom. The van der Waals surface area contributed by atoms with Crippen LogP contribution in [0.2, 0.25) is 0 Å². The lowest BCUT2D eigenvalue weighted by atomic mass is 10.1. The average molecular weight is 260 g/mol. The number of nitrogens with one attached hydrogen (secondary N) is 2. The van der Waals surface area contributed by atoms with Crippen molar-refractivity contribution in [2.24, 2.45) is 0 Å². The number of aromatic nitrogens is 2. The van der Waals surface area contributed by atoms with Gasteiger partial charge < -0.3 is 10.6 Å². The van der Waals surface area contributed by atoms with Crippen LogP contribution in [-0.2, 0) is 0 Å². The second-order valence-corrected chi connectivity index (χ2v) is 4.32. The molecule has 2 aromatic rings. The molecule has 0 bridgehead atoms. The zero-order chi connectivity index (χ0) is 13.8. The molecule has 1 atom stereocenters. The molecule has 19 heavy (non-hydrogen) atoms. The number of hydrogen-bond donors (Lipinski definition) is 2. The molecule has 0 radical (unpaired) electrons. The van der Waals surface area contributed by atoms with Gasteiger partial charge in [-0.25, -0.2) is 14.4 Å². The number of nitrogens with zero attached hydrogens (tertiary/aromatic N) is 2. The van der Waals surface area contributed by atoms with Gasteiger partial charge in [-0.2, -0.15) is 0 Å². The van der Waals surface area contributed by atoms with Crippen molar-refractivity contribution in [1.29, 1.82) is 0 Å². The molecule has 100 valence electrons. The number of aryl methyl sites for hydroxylation is 1. The van der Waals surface area contributed by atoms with Crippen LogP contribution in [0.25, 0.3) is 0 Å². The minimum absolute atomic E-state index is 0.166. The molecule has 1 aromatic heterocycles. The third-order valence-electron chi connectivity index (χ3n) is 2.83. The molecule has 1 aromatic carbocycles. The van der Waals surface area contributed by atoms with Crippen molar-refractivity contribution < 1.29 is 4.39 Å². The summed E-state index contributed by atoms with van der Waals surface area (Å²) in [6, 6.07) is 8.35. The van der Waals surface area contributed by atoms with Gasteiger partial charge in [0.05, 0.1) is 6.04 Å². The third-order valence-corrected chi connectivity index (χ3v) is 2.83. The van der Waals surface area contributed by atoms with Gasteiger partial charge in [0.1, 0.15) is 23.3 Å². The summed E-state index contributed by atoms with van der Waals surface area (Å²) >= 11 is 0. The van der Waals surface area contributed by atoms with Gasteiger partial charge in [0, 0.05) is 18.7 Å². The van der Waals surface area contributed by atoms with Gasteiger partial charge in [-0.3, -0.25) is 0 Å². The quantitative estimate of drug-likeness (QED) is 0.886. The summed E-state index contributed by atoms with van der Waals surface area (Å²) in [5.41, 5.74) is 0.616. The van der Waals surface area contributed by atoms with E-state index in [0.717, 1.165) is 5.82 Å². The van der Waals surface area contributed by atoms with Crippen LogP contribution in [0.1, 0.15) is 24.4 Å². The van der Waals surface area contributed by atoms with E-state index < -0.39 is 0 Å². The highest BCUT2D eigenvalue weighted by Crippen LogP contribution is 2.21. The molecule has 1 heterocycles. The Kier molecular flexibility index (Phi) is 3.94. The first-order chi connectivity index (χ1) is 9.10. The zero-order valence-corrected chi connectivity index (χ0v) is 11.2.